The Bertz CT molecular complexity index is 735. The quantitative estimate of drug-likeness (QED) is 0.732. The Balaban J connectivity index is 1.73. The van der Waals surface area contributed by atoms with Crippen molar-refractivity contribution in [1.82, 2.24) is 14.8 Å². The van der Waals surface area contributed by atoms with Gasteiger partial charge in [0.05, 0.1) is 11.3 Å². The zero-order valence-electron chi connectivity index (χ0n) is 11.2. The Morgan fingerprint density at radius 3 is 2.32 bits per heavy atom. The molecule has 22 heavy (non-hydrogen) atoms. The van der Waals surface area contributed by atoms with Gasteiger partial charge in [0.1, 0.15) is 5.75 Å². The normalized spacial score (nSPS) is 11.4. The zero-order valence-corrected chi connectivity index (χ0v) is 11.2. The fraction of sp³-hybridized carbons (Fsp3) is 0.0667. The zero-order chi connectivity index (χ0) is 15.6. The lowest BCUT2D eigenvalue weighted by Gasteiger charge is -2.08. The van der Waals surface area contributed by atoms with Gasteiger partial charge in [0.25, 0.3) is 0 Å². The number of ether oxygens (including phenoxy) is 1. The molecule has 7 heteroatoms. The number of rotatable bonds is 3. The Hall–Kier alpha value is -2.83. The van der Waals surface area contributed by atoms with E-state index < -0.39 is 11.7 Å². The van der Waals surface area contributed by atoms with Gasteiger partial charge in [0.2, 0.25) is 5.88 Å². The Morgan fingerprint density at radius 2 is 1.77 bits per heavy atom. The molecule has 0 N–H and O–H groups in total. The Labute approximate surface area is 123 Å². The molecular formula is C15H10F3N3O. The summed E-state index contributed by atoms with van der Waals surface area (Å²) in [6.45, 7) is 0. The van der Waals surface area contributed by atoms with Crippen molar-refractivity contribution in [3.63, 3.8) is 0 Å². The lowest BCUT2D eigenvalue weighted by Crippen LogP contribution is -2.05. The fourth-order valence-electron chi connectivity index (χ4n) is 1.82. The van der Waals surface area contributed by atoms with Gasteiger partial charge >= 0.3 is 6.18 Å². The maximum atomic E-state index is 12.4. The van der Waals surface area contributed by atoms with Gasteiger partial charge in [-0.05, 0) is 36.4 Å². The molecule has 3 rings (SSSR count). The topological polar surface area (TPSA) is 39.9 Å². The first-order chi connectivity index (χ1) is 10.5. The summed E-state index contributed by atoms with van der Waals surface area (Å²) in [5, 5.41) is 4.09. The van der Waals surface area contributed by atoms with Gasteiger partial charge < -0.3 is 4.74 Å². The molecule has 0 fully saturated rings. The highest BCUT2D eigenvalue weighted by Gasteiger charge is 2.30. The second kappa shape index (κ2) is 5.51. The summed E-state index contributed by atoms with van der Waals surface area (Å²) >= 11 is 0. The van der Waals surface area contributed by atoms with E-state index in [9.17, 15) is 13.2 Å². The van der Waals surface area contributed by atoms with E-state index in [4.69, 9.17) is 4.74 Å². The smallest absolute Gasteiger partial charge is 0.417 e. The van der Waals surface area contributed by atoms with Gasteiger partial charge in [-0.3, -0.25) is 0 Å². The number of alkyl halides is 3. The lowest BCUT2D eigenvalue weighted by atomic mass is 10.3. The van der Waals surface area contributed by atoms with Gasteiger partial charge in [0.15, 0.2) is 0 Å². The summed E-state index contributed by atoms with van der Waals surface area (Å²) in [4.78, 5) is 3.65. The summed E-state index contributed by atoms with van der Waals surface area (Å²) in [6, 6.07) is 10.9. The van der Waals surface area contributed by atoms with Crippen LogP contribution in [0.3, 0.4) is 0 Å². The monoisotopic (exact) mass is 305 g/mol. The van der Waals surface area contributed by atoms with Gasteiger partial charge in [-0.15, -0.1) is 0 Å². The van der Waals surface area contributed by atoms with Crippen molar-refractivity contribution < 1.29 is 17.9 Å². The van der Waals surface area contributed by atoms with Crippen LogP contribution in [-0.4, -0.2) is 14.8 Å². The third-order valence-electron chi connectivity index (χ3n) is 2.89. The SMILES string of the molecule is FC(F)(F)c1ccc(Oc2ccc(-n3cccn3)cc2)nc1. The van der Waals surface area contributed by atoms with E-state index in [1.54, 1.807) is 47.4 Å². The second-order valence-electron chi connectivity index (χ2n) is 4.43. The molecule has 0 unspecified atom stereocenters. The van der Waals surface area contributed by atoms with Gasteiger partial charge in [-0.1, -0.05) is 0 Å². The van der Waals surface area contributed by atoms with Crippen LogP contribution < -0.4 is 4.74 Å². The van der Waals surface area contributed by atoms with Crippen LogP contribution in [0.4, 0.5) is 13.2 Å². The first-order valence-corrected chi connectivity index (χ1v) is 6.33. The van der Waals surface area contributed by atoms with Crippen LogP contribution in [0.2, 0.25) is 0 Å². The summed E-state index contributed by atoms with van der Waals surface area (Å²) < 4.78 is 44.4. The van der Waals surface area contributed by atoms with Crippen LogP contribution in [0.15, 0.2) is 61.1 Å². The molecule has 0 bridgehead atoms. The van der Waals surface area contributed by atoms with E-state index in [1.807, 2.05) is 0 Å². The summed E-state index contributed by atoms with van der Waals surface area (Å²) in [7, 11) is 0. The van der Waals surface area contributed by atoms with Crippen LogP contribution in [0, 0.1) is 0 Å². The largest absolute Gasteiger partial charge is 0.439 e. The molecule has 0 radical (unpaired) electrons. The van der Waals surface area contributed by atoms with Crippen LogP contribution in [-0.2, 0) is 6.18 Å². The van der Waals surface area contributed by atoms with Crippen molar-refractivity contribution in [2.45, 2.75) is 6.18 Å². The summed E-state index contributed by atoms with van der Waals surface area (Å²) in [5.74, 6) is 0.572. The predicted octanol–water partition coefficient (Wildman–Crippen LogP) is 4.08. The molecule has 0 amide bonds. The number of pyridine rings is 1. The van der Waals surface area contributed by atoms with Gasteiger partial charge in [-0.2, -0.15) is 18.3 Å². The predicted molar refractivity (Wildman–Crippen MR) is 72.9 cm³/mol. The van der Waals surface area contributed by atoms with E-state index in [0.717, 1.165) is 18.0 Å². The van der Waals surface area contributed by atoms with E-state index in [1.165, 1.54) is 6.07 Å². The minimum Gasteiger partial charge on any atom is -0.439 e. The van der Waals surface area contributed by atoms with Crippen molar-refractivity contribution in [2.75, 3.05) is 0 Å². The van der Waals surface area contributed by atoms with Crippen molar-refractivity contribution in [1.29, 1.82) is 0 Å². The van der Waals surface area contributed by atoms with E-state index in [-0.39, 0.29) is 5.88 Å². The van der Waals surface area contributed by atoms with E-state index >= 15 is 0 Å². The number of hydrogen-bond donors (Lipinski definition) is 0. The molecule has 0 spiro atoms. The highest BCUT2D eigenvalue weighted by atomic mass is 19.4. The van der Waals surface area contributed by atoms with Crippen molar-refractivity contribution in [2.24, 2.45) is 0 Å². The maximum absolute atomic E-state index is 12.4. The fourth-order valence-corrected chi connectivity index (χ4v) is 1.82. The van der Waals surface area contributed by atoms with Crippen LogP contribution >= 0.6 is 0 Å². The molecule has 0 aliphatic carbocycles. The molecule has 4 nitrogen and oxygen atoms in total. The molecule has 0 aliphatic rings. The highest BCUT2D eigenvalue weighted by molar-refractivity contribution is 5.38. The minimum absolute atomic E-state index is 0.0971. The molecule has 0 saturated carbocycles. The third kappa shape index (κ3) is 3.08. The van der Waals surface area contributed by atoms with E-state index in [0.29, 0.717) is 5.75 Å². The first kappa shape index (κ1) is 14.1. The van der Waals surface area contributed by atoms with Crippen molar-refractivity contribution >= 4 is 0 Å². The molecule has 0 aliphatic heterocycles. The highest BCUT2D eigenvalue weighted by Crippen LogP contribution is 2.30. The number of halogens is 3. The Morgan fingerprint density at radius 1 is 1.00 bits per heavy atom. The molecule has 0 atom stereocenters. The number of hydrogen-bond acceptors (Lipinski definition) is 3. The minimum atomic E-state index is -4.41. The van der Waals surface area contributed by atoms with Gasteiger partial charge in [0, 0.05) is 24.7 Å². The standard InChI is InChI=1S/C15H10F3N3O/c16-15(17,18)11-2-7-14(19-10-11)22-13-5-3-12(4-6-13)21-9-1-8-20-21/h1-10H. The van der Waals surface area contributed by atoms with Gasteiger partial charge in [-0.25, -0.2) is 9.67 Å². The van der Waals surface area contributed by atoms with Crippen LogP contribution in [0.5, 0.6) is 11.6 Å². The number of benzene rings is 1. The summed E-state index contributed by atoms with van der Waals surface area (Å²) in [6.07, 6.45) is -0.200. The maximum Gasteiger partial charge on any atom is 0.417 e. The molecule has 2 heterocycles. The molecule has 3 aromatic rings. The molecule has 2 aromatic heterocycles. The van der Waals surface area contributed by atoms with Crippen LogP contribution in [0.25, 0.3) is 5.69 Å². The second-order valence-corrected chi connectivity index (χ2v) is 4.43. The molecule has 1 aromatic carbocycles. The van der Waals surface area contributed by atoms with E-state index in [2.05, 4.69) is 10.1 Å². The average molecular weight is 305 g/mol. The van der Waals surface area contributed by atoms with Crippen LogP contribution in [0.1, 0.15) is 5.56 Å². The van der Waals surface area contributed by atoms with Crippen molar-refractivity contribution in [3.05, 3.63) is 66.6 Å². The molecule has 112 valence electrons. The first-order valence-electron chi connectivity index (χ1n) is 6.33. The van der Waals surface area contributed by atoms with Crippen molar-refractivity contribution in [3.8, 4) is 17.3 Å². The number of nitrogens with zero attached hydrogens (tertiary/aromatic N) is 3. The molecular weight excluding hydrogens is 295 g/mol. The number of aromatic nitrogens is 3. The average Bonchev–Trinajstić information content (AvgIpc) is 3.02. The molecule has 0 saturated heterocycles. The summed E-state index contributed by atoms with van der Waals surface area (Å²) in [5.41, 5.74) is 0.0339. The lowest BCUT2D eigenvalue weighted by molar-refractivity contribution is -0.137. The third-order valence-corrected chi connectivity index (χ3v) is 2.89. The Kier molecular flexibility index (Phi) is 3.54.